The number of carbonyl (C=O) groups is 2. The zero-order valence-corrected chi connectivity index (χ0v) is 15.0. The van der Waals surface area contributed by atoms with Gasteiger partial charge in [-0.25, -0.2) is 0 Å². The van der Waals surface area contributed by atoms with E-state index >= 15 is 0 Å². The Morgan fingerprint density at radius 1 is 1.36 bits per heavy atom. The van der Waals surface area contributed by atoms with Crippen LogP contribution in [0.4, 0.5) is 13.2 Å². The number of aliphatic imine (C=N–C) groups is 1. The molecule has 0 aromatic rings. The SMILES string of the molecule is CCCCC1=NC2(CCCN(C(=O)CC(F)(F)F)C2)C(=O)N1C(C)C. The smallest absolute Gasteiger partial charge is 0.339 e. The predicted molar refractivity (Wildman–Crippen MR) is 88.2 cm³/mol. The average molecular weight is 361 g/mol. The third-order valence-electron chi connectivity index (χ3n) is 4.68. The van der Waals surface area contributed by atoms with Crippen LogP contribution >= 0.6 is 0 Å². The Bertz CT molecular complexity index is 560. The number of carbonyl (C=O) groups excluding carboxylic acids is 2. The second-order valence-electron chi connectivity index (χ2n) is 7.14. The second-order valence-corrected chi connectivity index (χ2v) is 7.14. The summed E-state index contributed by atoms with van der Waals surface area (Å²) in [4.78, 5) is 32.4. The Kier molecular flexibility index (Phi) is 5.79. The number of unbranched alkanes of at least 4 members (excludes halogenated alkanes) is 1. The molecule has 2 amide bonds. The molecule has 0 saturated carbocycles. The van der Waals surface area contributed by atoms with Crippen LogP contribution in [0.2, 0.25) is 0 Å². The number of amides is 2. The minimum Gasteiger partial charge on any atom is -0.339 e. The van der Waals surface area contributed by atoms with E-state index in [2.05, 4.69) is 4.99 Å². The number of piperidine rings is 1. The van der Waals surface area contributed by atoms with Gasteiger partial charge in [0.05, 0.1) is 6.54 Å². The first-order valence-corrected chi connectivity index (χ1v) is 8.86. The molecule has 0 bridgehead atoms. The lowest BCUT2D eigenvalue weighted by atomic mass is 9.88. The van der Waals surface area contributed by atoms with Crippen LogP contribution in [0.3, 0.4) is 0 Å². The minimum absolute atomic E-state index is 0.0560. The summed E-state index contributed by atoms with van der Waals surface area (Å²) in [6, 6.07) is -0.0660. The Morgan fingerprint density at radius 2 is 2.04 bits per heavy atom. The first-order chi connectivity index (χ1) is 11.6. The molecule has 2 heterocycles. The van der Waals surface area contributed by atoms with E-state index in [0.717, 1.165) is 17.7 Å². The van der Waals surface area contributed by atoms with Crippen LogP contribution < -0.4 is 0 Å². The molecule has 0 aromatic heterocycles. The maximum atomic E-state index is 13.0. The summed E-state index contributed by atoms with van der Waals surface area (Å²) in [5.74, 6) is -0.460. The molecule has 142 valence electrons. The summed E-state index contributed by atoms with van der Waals surface area (Å²) in [6.45, 7) is 6.03. The Hall–Kier alpha value is -1.60. The van der Waals surface area contributed by atoms with Crippen molar-refractivity contribution in [1.29, 1.82) is 0 Å². The fourth-order valence-electron chi connectivity index (χ4n) is 3.53. The van der Waals surface area contributed by atoms with Crippen molar-refractivity contribution in [2.75, 3.05) is 13.1 Å². The highest BCUT2D eigenvalue weighted by Gasteiger charge is 2.51. The molecule has 25 heavy (non-hydrogen) atoms. The molecule has 2 rings (SSSR count). The highest BCUT2D eigenvalue weighted by atomic mass is 19.4. The predicted octanol–water partition coefficient (Wildman–Crippen LogP) is 3.14. The van der Waals surface area contributed by atoms with Gasteiger partial charge in [-0.3, -0.25) is 19.5 Å². The number of hydrogen-bond acceptors (Lipinski definition) is 3. The standard InChI is InChI=1S/C17H26F3N3O2/c1-4-5-7-13-21-16(15(25)23(13)12(2)3)8-6-9-22(11-16)14(24)10-17(18,19)20/h12H,4-11H2,1-3H3. The van der Waals surface area contributed by atoms with Gasteiger partial charge >= 0.3 is 6.18 Å². The van der Waals surface area contributed by atoms with Gasteiger partial charge in [0.2, 0.25) is 5.91 Å². The molecular weight excluding hydrogens is 335 g/mol. The van der Waals surface area contributed by atoms with Crippen LogP contribution in [-0.4, -0.2) is 58.3 Å². The highest BCUT2D eigenvalue weighted by Crippen LogP contribution is 2.35. The average Bonchev–Trinajstić information content (AvgIpc) is 2.76. The van der Waals surface area contributed by atoms with Crippen LogP contribution in [0, 0.1) is 0 Å². The molecule has 0 radical (unpaired) electrons. The molecular formula is C17H26F3N3O2. The largest absolute Gasteiger partial charge is 0.397 e. The molecule has 0 aliphatic carbocycles. The van der Waals surface area contributed by atoms with E-state index < -0.39 is 24.0 Å². The van der Waals surface area contributed by atoms with Crippen molar-refractivity contribution in [1.82, 2.24) is 9.80 Å². The molecule has 2 aliphatic rings. The van der Waals surface area contributed by atoms with E-state index in [1.54, 1.807) is 4.90 Å². The van der Waals surface area contributed by atoms with E-state index in [0.29, 0.717) is 25.1 Å². The van der Waals surface area contributed by atoms with Crippen molar-refractivity contribution >= 4 is 17.6 Å². The van der Waals surface area contributed by atoms with Gasteiger partial charge in [-0.15, -0.1) is 0 Å². The third kappa shape index (κ3) is 4.33. The molecule has 2 aliphatic heterocycles. The Labute approximate surface area is 146 Å². The van der Waals surface area contributed by atoms with Crippen LogP contribution in [0.5, 0.6) is 0 Å². The van der Waals surface area contributed by atoms with Gasteiger partial charge in [-0.05, 0) is 33.1 Å². The molecule has 1 saturated heterocycles. The Balaban J connectivity index is 2.22. The third-order valence-corrected chi connectivity index (χ3v) is 4.68. The van der Waals surface area contributed by atoms with Crippen molar-refractivity contribution in [2.24, 2.45) is 4.99 Å². The summed E-state index contributed by atoms with van der Waals surface area (Å²) >= 11 is 0. The number of nitrogens with zero attached hydrogens (tertiary/aromatic N) is 3. The number of halogens is 3. The number of likely N-dealkylation sites (tertiary alicyclic amines) is 1. The maximum Gasteiger partial charge on any atom is 0.397 e. The minimum atomic E-state index is -4.54. The van der Waals surface area contributed by atoms with Gasteiger partial charge in [-0.2, -0.15) is 13.2 Å². The molecule has 5 nitrogen and oxygen atoms in total. The van der Waals surface area contributed by atoms with Crippen LogP contribution in [0.15, 0.2) is 4.99 Å². The first kappa shape index (κ1) is 19.7. The van der Waals surface area contributed by atoms with Crippen molar-refractivity contribution in [3.63, 3.8) is 0 Å². The molecule has 8 heteroatoms. The van der Waals surface area contributed by atoms with Crippen LogP contribution in [-0.2, 0) is 9.59 Å². The highest BCUT2D eigenvalue weighted by molar-refractivity contribution is 6.09. The zero-order chi connectivity index (χ0) is 18.8. The van der Waals surface area contributed by atoms with Gasteiger partial charge < -0.3 is 4.90 Å². The number of alkyl halides is 3. The van der Waals surface area contributed by atoms with E-state index in [-0.39, 0.29) is 25.0 Å². The monoisotopic (exact) mass is 361 g/mol. The van der Waals surface area contributed by atoms with E-state index in [4.69, 9.17) is 0 Å². The number of amidine groups is 1. The zero-order valence-electron chi connectivity index (χ0n) is 15.0. The van der Waals surface area contributed by atoms with Crippen LogP contribution in [0.25, 0.3) is 0 Å². The van der Waals surface area contributed by atoms with E-state index in [9.17, 15) is 22.8 Å². The summed E-state index contributed by atoms with van der Waals surface area (Å²) in [5, 5.41) is 0. The second kappa shape index (κ2) is 7.33. The van der Waals surface area contributed by atoms with Gasteiger partial charge in [0.25, 0.3) is 5.91 Å². The summed E-state index contributed by atoms with van der Waals surface area (Å²) in [7, 11) is 0. The summed E-state index contributed by atoms with van der Waals surface area (Å²) in [5.41, 5.74) is -1.10. The molecule has 1 fully saturated rings. The fourth-order valence-corrected chi connectivity index (χ4v) is 3.53. The molecule has 1 unspecified atom stereocenters. The van der Waals surface area contributed by atoms with Crippen molar-refractivity contribution < 1.29 is 22.8 Å². The quantitative estimate of drug-likeness (QED) is 0.755. The lowest BCUT2D eigenvalue weighted by Crippen LogP contribution is -2.56. The number of hydrogen-bond donors (Lipinski definition) is 0. The first-order valence-electron chi connectivity index (χ1n) is 8.86. The maximum absolute atomic E-state index is 13.0. The molecule has 1 atom stereocenters. The van der Waals surface area contributed by atoms with Gasteiger partial charge in [-0.1, -0.05) is 13.3 Å². The van der Waals surface area contributed by atoms with E-state index in [1.807, 2.05) is 20.8 Å². The lowest BCUT2D eigenvalue weighted by molar-refractivity contribution is -0.163. The van der Waals surface area contributed by atoms with Crippen LogP contribution in [0.1, 0.15) is 59.3 Å². The summed E-state index contributed by atoms with van der Waals surface area (Å²) < 4.78 is 37.6. The number of rotatable bonds is 5. The fraction of sp³-hybridized carbons (Fsp3) is 0.824. The Morgan fingerprint density at radius 3 is 2.60 bits per heavy atom. The normalized spacial score (nSPS) is 24.4. The van der Waals surface area contributed by atoms with Crippen molar-refractivity contribution in [3.8, 4) is 0 Å². The topological polar surface area (TPSA) is 53.0 Å². The van der Waals surface area contributed by atoms with Gasteiger partial charge in [0.15, 0.2) is 5.54 Å². The van der Waals surface area contributed by atoms with Gasteiger partial charge in [0, 0.05) is 19.0 Å². The molecule has 0 N–H and O–H groups in total. The molecule has 0 aromatic carbocycles. The van der Waals surface area contributed by atoms with Gasteiger partial charge in [0.1, 0.15) is 12.3 Å². The van der Waals surface area contributed by atoms with Crippen molar-refractivity contribution in [3.05, 3.63) is 0 Å². The summed E-state index contributed by atoms with van der Waals surface area (Å²) in [6.07, 6.45) is -2.56. The molecule has 1 spiro atoms. The van der Waals surface area contributed by atoms with Crippen molar-refractivity contribution in [2.45, 2.75) is 77.1 Å². The van der Waals surface area contributed by atoms with E-state index in [1.165, 1.54) is 0 Å². The lowest BCUT2D eigenvalue weighted by Gasteiger charge is -2.38.